The molecule has 0 aliphatic carbocycles. The summed E-state index contributed by atoms with van der Waals surface area (Å²) in [6.07, 6.45) is 5.09. The van der Waals surface area contributed by atoms with Crippen molar-refractivity contribution in [3.05, 3.63) is 36.3 Å². The molecule has 0 saturated carbocycles. The SMILES string of the molecule is N#Cc1nccnc1N1CCN(C(=O)c2cnc[nH]2)C[C@@H](O)C1. The van der Waals surface area contributed by atoms with Gasteiger partial charge in [0.15, 0.2) is 11.5 Å². The van der Waals surface area contributed by atoms with E-state index in [9.17, 15) is 9.90 Å². The molecular formula is C14H15N7O2. The summed E-state index contributed by atoms with van der Waals surface area (Å²) in [4.78, 5) is 30.5. The van der Waals surface area contributed by atoms with Gasteiger partial charge in [-0.15, -0.1) is 0 Å². The molecule has 0 spiro atoms. The number of rotatable bonds is 2. The standard InChI is InChI=1S/C14H15N7O2/c15-5-11-13(18-2-1-17-11)20-3-4-21(8-10(22)7-20)14(23)12-6-16-9-19-12/h1-2,6,9-10,22H,3-4,7-8H2,(H,16,19)/t10-/m0/s1. The van der Waals surface area contributed by atoms with E-state index in [1.54, 1.807) is 9.80 Å². The van der Waals surface area contributed by atoms with Crippen LogP contribution in [-0.4, -0.2) is 68.1 Å². The predicted octanol–water partition coefficient (Wildman–Crippen LogP) is -0.605. The van der Waals surface area contributed by atoms with Crippen LogP contribution in [0.3, 0.4) is 0 Å². The van der Waals surface area contributed by atoms with Crippen LogP contribution >= 0.6 is 0 Å². The van der Waals surface area contributed by atoms with E-state index < -0.39 is 6.10 Å². The number of aromatic amines is 1. The van der Waals surface area contributed by atoms with Crippen molar-refractivity contribution in [3.8, 4) is 6.07 Å². The van der Waals surface area contributed by atoms with Crippen molar-refractivity contribution in [2.24, 2.45) is 0 Å². The number of hydrogen-bond acceptors (Lipinski definition) is 7. The summed E-state index contributed by atoms with van der Waals surface area (Å²) in [7, 11) is 0. The second-order valence-corrected chi connectivity index (χ2v) is 5.16. The third-order valence-electron chi connectivity index (χ3n) is 3.60. The highest BCUT2D eigenvalue weighted by Gasteiger charge is 2.27. The van der Waals surface area contributed by atoms with Crippen molar-refractivity contribution in [1.29, 1.82) is 5.26 Å². The van der Waals surface area contributed by atoms with Crippen LogP contribution in [0.2, 0.25) is 0 Å². The van der Waals surface area contributed by atoms with E-state index in [0.717, 1.165) is 0 Å². The molecule has 0 radical (unpaired) electrons. The van der Waals surface area contributed by atoms with Crippen molar-refractivity contribution in [1.82, 2.24) is 24.8 Å². The molecule has 3 heterocycles. The average molecular weight is 313 g/mol. The number of H-pyrrole nitrogens is 1. The van der Waals surface area contributed by atoms with E-state index in [2.05, 4.69) is 19.9 Å². The maximum atomic E-state index is 12.4. The molecule has 1 amide bonds. The fourth-order valence-electron chi connectivity index (χ4n) is 2.55. The van der Waals surface area contributed by atoms with Gasteiger partial charge in [0.1, 0.15) is 11.8 Å². The van der Waals surface area contributed by atoms with E-state index in [1.165, 1.54) is 24.9 Å². The summed E-state index contributed by atoms with van der Waals surface area (Å²) in [6.45, 7) is 1.33. The summed E-state index contributed by atoms with van der Waals surface area (Å²) in [5, 5.41) is 19.3. The quantitative estimate of drug-likeness (QED) is 0.758. The molecule has 0 bridgehead atoms. The number of carbonyl (C=O) groups excluding carboxylic acids is 1. The van der Waals surface area contributed by atoms with E-state index in [-0.39, 0.29) is 24.7 Å². The van der Waals surface area contributed by atoms with E-state index >= 15 is 0 Å². The van der Waals surface area contributed by atoms with E-state index in [1.807, 2.05) is 6.07 Å². The molecule has 1 atom stereocenters. The molecular weight excluding hydrogens is 298 g/mol. The molecule has 0 unspecified atom stereocenters. The molecule has 1 aliphatic rings. The van der Waals surface area contributed by atoms with Gasteiger partial charge in [-0.3, -0.25) is 4.79 Å². The molecule has 23 heavy (non-hydrogen) atoms. The molecule has 2 aromatic rings. The third kappa shape index (κ3) is 3.12. The monoisotopic (exact) mass is 313 g/mol. The first-order valence-corrected chi connectivity index (χ1v) is 7.11. The first-order valence-electron chi connectivity index (χ1n) is 7.11. The Labute approximate surface area is 132 Å². The molecule has 0 aromatic carbocycles. The highest BCUT2D eigenvalue weighted by atomic mass is 16.3. The second-order valence-electron chi connectivity index (χ2n) is 5.16. The Morgan fingerprint density at radius 3 is 2.91 bits per heavy atom. The zero-order valence-electron chi connectivity index (χ0n) is 12.3. The maximum absolute atomic E-state index is 12.4. The van der Waals surface area contributed by atoms with Gasteiger partial charge in [0, 0.05) is 38.6 Å². The maximum Gasteiger partial charge on any atom is 0.272 e. The van der Waals surface area contributed by atoms with Gasteiger partial charge < -0.3 is 19.9 Å². The Morgan fingerprint density at radius 1 is 1.35 bits per heavy atom. The number of nitriles is 1. The number of anilines is 1. The van der Waals surface area contributed by atoms with Crippen LogP contribution in [0.4, 0.5) is 5.82 Å². The topological polar surface area (TPSA) is 122 Å². The molecule has 9 heteroatoms. The second kappa shape index (κ2) is 6.41. The van der Waals surface area contributed by atoms with Gasteiger partial charge in [-0.1, -0.05) is 0 Å². The number of imidazole rings is 1. The first-order chi connectivity index (χ1) is 11.2. The Kier molecular flexibility index (Phi) is 4.16. The van der Waals surface area contributed by atoms with Crippen LogP contribution in [0.15, 0.2) is 24.9 Å². The zero-order valence-corrected chi connectivity index (χ0v) is 12.3. The molecule has 1 fully saturated rings. The fourth-order valence-corrected chi connectivity index (χ4v) is 2.55. The van der Waals surface area contributed by atoms with Crippen LogP contribution in [0.5, 0.6) is 0 Å². The highest BCUT2D eigenvalue weighted by Crippen LogP contribution is 2.17. The number of aliphatic hydroxyl groups excluding tert-OH is 1. The van der Waals surface area contributed by atoms with Crippen molar-refractivity contribution < 1.29 is 9.90 Å². The average Bonchev–Trinajstić information content (AvgIpc) is 3.04. The summed E-state index contributed by atoms with van der Waals surface area (Å²) < 4.78 is 0. The van der Waals surface area contributed by atoms with Crippen LogP contribution in [0.25, 0.3) is 0 Å². The van der Waals surface area contributed by atoms with Crippen molar-refractivity contribution >= 4 is 11.7 Å². The van der Waals surface area contributed by atoms with Gasteiger partial charge in [-0.05, 0) is 0 Å². The lowest BCUT2D eigenvalue weighted by atomic mass is 10.3. The minimum atomic E-state index is -0.752. The van der Waals surface area contributed by atoms with Gasteiger partial charge in [0.25, 0.3) is 5.91 Å². The number of nitrogens with one attached hydrogen (secondary N) is 1. The van der Waals surface area contributed by atoms with Gasteiger partial charge >= 0.3 is 0 Å². The van der Waals surface area contributed by atoms with Gasteiger partial charge in [-0.2, -0.15) is 5.26 Å². The Bertz CT molecular complexity index is 725. The van der Waals surface area contributed by atoms with Crippen LogP contribution < -0.4 is 4.90 Å². The molecule has 2 aromatic heterocycles. The van der Waals surface area contributed by atoms with Crippen LogP contribution in [0, 0.1) is 11.3 Å². The lowest BCUT2D eigenvalue weighted by Crippen LogP contribution is -2.37. The summed E-state index contributed by atoms with van der Waals surface area (Å²) in [5.41, 5.74) is 0.580. The number of β-amino-alcohol motifs (C(OH)–C–C–N with tert-alkyl or cyclic N) is 1. The van der Waals surface area contributed by atoms with Crippen molar-refractivity contribution in [3.63, 3.8) is 0 Å². The minimum Gasteiger partial charge on any atom is -0.389 e. The summed E-state index contributed by atoms with van der Waals surface area (Å²) in [5.74, 6) is 0.202. The Balaban J connectivity index is 1.79. The Hall–Kier alpha value is -2.99. The number of hydrogen-bond donors (Lipinski definition) is 2. The molecule has 118 valence electrons. The summed E-state index contributed by atoms with van der Waals surface area (Å²) >= 11 is 0. The third-order valence-corrected chi connectivity index (χ3v) is 3.60. The van der Waals surface area contributed by atoms with E-state index in [4.69, 9.17) is 5.26 Å². The smallest absolute Gasteiger partial charge is 0.272 e. The predicted molar refractivity (Wildman–Crippen MR) is 79.5 cm³/mol. The fraction of sp³-hybridized carbons (Fsp3) is 0.357. The molecule has 1 saturated heterocycles. The largest absolute Gasteiger partial charge is 0.389 e. The van der Waals surface area contributed by atoms with E-state index in [0.29, 0.717) is 24.6 Å². The lowest BCUT2D eigenvalue weighted by molar-refractivity contribution is 0.0669. The van der Waals surface area contributed by atoms with Crippen LogP contribution in [0.1, 0.15) is 16.2 Å². The number of nitrogens with zero attached hydrogens (tertiary/aromatic N) is 6. The summed E-state index contributed by atoms with van der Waals surface area (Å²) in [6, 6.07) is 1.99. The number of aliphatic hydroxyl groups is 1. The Morgan fingerprint density at radius 2 is 2.17 bits per heavy atom. The highest BCUT2D eigenvalue weighted by molar-refractivity contribution is 5.92. The number of amides is 1. The molecule has 3 rings (SSSR count). The van der Waals surface area contributed by atoms with Crippen molar-refractivity contribution in [2.75, 3.05) is 31.1 Å². The van der Waals surface area contributed by atoms with Gasteiger partial charge in [0.2, 0.25) is 0 Å². The normalized spacial score (nSPS) is 18.3. The van der Waals surface area contributed by atoms with Gasteiger partial charge in [0.05, 0.1) is 18.6 Å². The van der Waals surface area contributed by atoms with Crippen molar-refractivity contribution in [2.45, 2.75) is 6.10 Å². The minimum absolute atomic E-state index is 0.202. The first kappa shape index (κ1) is 14.9. The molecule has 9 nitrogen and oxygen atoms in total. The lowest BCUT2D eigenvalue weighted by Gasteiger charge is -2.22. The molecule has 1 aliphatic heterocycles. The zero-order chi connectivity index (χ0) is 16.2. The van der Waals surface area contributed by atoms with Crippen LogP contribution in [-0.2, 0) is 0 Å². The molecule has 2 N–H and O–H groups in total. The number of aromatic nitrogens is 4. The number of carbonyl (C=O) groups is 1. The van der Waals surface area contributed by atoms with Gasteiger partial charge in [-0.25, -0.2) is 15.0 Å².